The summed E-state index contributed by atoms with van der Waals surface area (Å²) >= 11 is 0. The van der Waals surface area contributed by atoms with E-state index in [4.69, 9.17) is 14.3 Å². The van der Waals surface area contributed by atoms with Gasteiger partial charge in [0.25, 0.3) is 0 Å². The van der Waals surface area contributed by atoms with Crippen LogP contribution in [-0.2, 0) is 24.9 Å². The van der Waals surface area contributed by atoms with E-state index in [2.05, 4.69) is 16.4 Å². The van der Waals surface area contributed by atoms with Gasteiger partial charge in [0.1, 0.15) is 5.82 Å². The molecule has 0 unspecified atom stereocenters. The van der Waals surface area contributed by atoms with Crippen molar-refractivity contribution >= 4 is 22.8 Å². The second-order valence-electron chi connectivity index (χ2n) is 7.64. The second kappa shape index (κ2) is 9.86. The number of nitrogens with one attached hydrogen (secondary N) is 1. The third kappa shape index (κ3) is 5.85. The average molecular weight is 476 g/mol. The van der Waals surface area contributed by atoms with Crippen LogP contribution in [0.4, 0.5) is 18.9 Å². The summed E-state index contributed by atoms with van der Waals surface area (Å²) in [7, 11) is 1.99. The Morgan fingerprint density at radius 1 is 1.18 bits per heavy atom. The number of alkyl halides is 3. The van der Waals surface area contributed by atoms with Crippen LogP contribution in [0.25, 0.3) is 11.1 Å². The van der Waals surface area contributed by atoms with Crippen LogP contribution >= 0.6 is 0 Å². The fourth-order valence-electron chi connectivity index (χ4n) is 3.22. The lowest BCUT2D eigenvalue weighted by atomic mass is 10.1. The van der Waals surface area contributed by atoms with Gasteiger partial charge in [0.2, 0.25) is 0 Å². The van der Waals surface area contributed by atoms with Gasteiger partial charge >= 0.3 is 17.9 Å². The first-order valence-electron chi connectivity index (χ1n) is 10.2. The van der Waals surface area contributed by atoms with Gasteiger partial charge in [-0.25, -0.2) is 14.6 Å². The summed E-state index contributed by atoms with van der Waals surface area (Å²) in [4.78, 5) is 25.5. The van der Waals surface area contributed by atoms with Crippen molar-refractivity contribution < 1.29 is 27.5 Å². The monoisotopic (exact) mass is 476 g/mol. The Hall–Kier alpha value is -4.02. The summed E-state index contributed by atoms with van der Waals surface area (Å²) in [5.74, 6) is -2.13. The number of aliphatic carboxylic acids is 1. The number of aromatic nitrogens is 3. The van der Waals surface area contributed by atoms with Crippen molar-refractivity contribution in [2.45, 2.75) is 33.1 Å². The largest absolute Gasteiger partial charge is 0.490 e. The minimum atomic E-state index is -5.08. The SMILES string of the molecule is Cc1cccc(Cn2c(=O)oc3cc(NCc4cnc(C)n4C)ccc32)c1.O=C(O)C(F)(F)F. The predicted molar refractivity (Wildman–Crippen MR) is 120 cm³/mol. The number of halogens is 3. The molecule has 0 fully saturated rings. The lowest BCUT2D eigenvalue weighted by Gasteiger charge is -2.08. The fourth-order valence-corrected chi connectivity index (χ4v) is 3.22. The summed E-state index contributed by atoms with van der Waals surface area (Å²) in [6.07, 6.45) is -3.22. The van der Waals surface area contributed by atoms with E-state index in [0.29, 0.717) is 18.7 Å². The molecule has 0 aliphatic heterocycles. The van der Waals surface area contributed by atoms with Crippen molar-refractivity contribution in [2.75, 3.05) is 5.32 Å². The van der Waals surface area contributed by atoms with Crippen molar-refractivity contribution in [1.29, 1.82) is 0 Å². The van der Waals surface area contributed by atoms with Gasteiger partial charge in [0.05, 0.1) is 30.5 Å². The third-order valence-corrected chi connectivity index (χ3v) is 5.12. The Balaban J connectivity index is 0.000000406. The molecule has 0 aliphatic rings. The Kier molecular flexibility index (Phi) is 7.14. The van der Waals surface area contributed by atoms with E-state index in [0.717, 1.165) is 28.3 Å². The molecule has 0 aliphatic carbocycles. The first-order chi connectivity index (χ1) is 16.0. The zero-order valence-corrected chi connectivity index (χ0v) is 18.7. The highest BCUT2D eigenvalue weighted by Crippen LogP contribution is 2.20. The average Bonchev–Trinajstić information content (AvgIpc) is 3.24. The van der Waals surface area contributed by atoms with Crippen LogP contribution < -0.4 is 11.1 Å². The van der Waals surface area contributed by atoms with Gasteiger partial charge in [-0.1, -0.05) is 29.8 Å². The molecule has 2 heterocycles. The standard InChI is InChI=1S/C21H22N4O2.C2HF3O2/c1-14-5-4-6-16(9-14)13-25-19-8-7-17(10-20(19)27-21(25)26)23-12-18-11-22-15(2)24(18)3;3-2(4,5)1(6)7/h4-11,23H,12-13H2,1-3H3;(H,6,7). The molecule has 11 heteroatoms. The molecule has 8 nitrogen and oxygen atoms in total. The van der Waals surface area contributed by atoms with Gasteiger partial charge in [0, 0.05) is 18.8 Å². The number of oxazole rings is 1. The number of hydrogen-bond acceptors (Lipinski definition) is 5. The molecule has 2 aromatic carbocycles. The number of carboxylic acid groups (broad SMARTS) is 1. The summed E-state index contributed by atoms with van der Waals surface area (Å²) in [5.41, 5.74) is 5.62. The molecule has 0 saturated heterocycles. The van der Waals surface area contributed by atoms with E-state index < -0.39 is 12.1 Å². The number of aryl methyl sites for hydroxylation is 2. The highest BCUT2D eigenvalue weighted by atomic mass is 19.4. The number of nitrogens with zero attached hydrogens (tertiary/aromatic N) is 3. The van der Waals surface area contributed by atoms with E-state index in [1.807, 2.05) is 68.1 Å². The molecule has 0 atom stereocenters. The van der Waals surface area contributed by atoms with Crippen molar-refractivity contribution in [2.24, 2.45) is 7.05 Å². The second-order valence-corrected chi connectivity index (χ2v) is 7.64. The summed E-state index contributed by atoms with van der Waals surface area (Å²) in [6, 6.07) is 13.9. The molecule has 4 aromatic rings. The van der Waals surface area contributed by atoms with Crippen LogP contribution in [0.15, 0.2) is 57.9 Å². The summed E-state index contributed by atoms with van der Waals surface area (Å²) in [6.45, 7) is 5.16. The Bertz CT molecular complexity index is 1370. The molecule has 0 saturated carbocycles. The molecule has 2 aromatic heterocycles. The topological polar surface area (TPSA) is 102 Å². The predicted octanol–water partition coefficient (Wildman–Crippen LogP) is 4.24. The lowest BCUT2D eigenvalue weighted by Crippen LogP contribution is -2.21. The maximum Gasteiger partial charge on any atom is 0.490 e. The number of fused-ring (bicyclic) bond motifs is 1. The van der Waals surface area contributed by atoms with E-state index in [1.165, 1.54) is 5.56 Å². The van der Waals surface area contributed by atoms with E-state index in [1.54, 1.807) is 4.57 Å². The van der Waals surface area contributed by atoms with Gasteiger partial charge in [0.15, 0.2) is 5.58 Å². The van der Waals surface area contributed by atoms with E-state index in [9.17, 15) is 18.0 Å². The smallest absolute Gasteiger partial charge is 0.475 e. The van der Waals surface area contributed by atoms with Gasteiger partial charge in [-0.3, -0.25) is 4.57 Å². The van der Waals surface area contributed by atoms with Gasteiger partial charge in [-0.05, 0) is 31.5 Å². The fraction of sp³-hybridized carbons (Fsp3) is 0.261. The van der Waals surface area contributed by atoms with Crippen LogP contribution in [0.5, 0.6) is 0 Å². The number of anilines is 1. The number of carboxylic acids is 1. The number of hydrogen-bond donors (Lipinski definition) is 2. The van der Waals surface area contributed by atoms with Crippen LogP contribution in [0.3, 0.4) is 0 Å². The number of carbonyl (C=O) groups is 1. The van der Waals surface area contributed by atoms with E-state index in [-0.39, 0.29) is 5.76 Å². The minimum absolute atomic E-state index is 0.342. The summed E-state index contributed by atoms with van der Waals surface area (Å²) < 4.78 is 40.9. The number of benzene rings is 2. The maximum atomic E-state index is 12.3. The van der Waals surface area contributed by atoms with Crippen LogP contribution in [0.1, 0.15) is 22.6 Å². The van der Waals surface area contributed by atoms with Crippen molar-refractivity contribution in [3.05, 3.63) is 81.9 Å². The number of rotatable bonds is 5. The van der Waals surface area contributed by atoms with Crippen LogP contribution in [0, 0.1) is 13.8 Å². The van der Waals surface area contributed by atoms with Gasteiger partial charge < -0.3 is 19.4 Å². The van der Waals surface area contributed by atoms with Gasteiger partial charge in [-0.15, -0.1) is 0 Å². The molecule has 34 heavy (non-hydrogen) atoms. The van der Waals surface area contributed by atoms with Crippen molar-refractivity contribution in [1.82, 2.24) is 14.1 Å². The molecule has 180 valence electrons. The highest BCUT2D eigenvalue weighted by molar-refractivity contribution is 5.77. The molecule has 2 N–H and O–H groups in total. The zero-order valence-electron chi connectivity index (χ0n) is 18.7. The Morgan fingerprint density at radius 2 is 1.88 bits per heavy atom. The van der Waals surface area contributed by atoms with Crippen LogP contribution in [0.2, 0.25) is 0 Å². The van der Waals surface area contributed by atoms with Gasteiger partial charge in [-0.2, -0.15) is 13.2 Å². The Labute approximate surface area is 192 Å². The molecular weight excluding hydrogens is 453 g/mol. The maximum absolute atomic E-state index is 12.3. The molecule has 0 spiro atoms. The molecule has 0 amide bonds. The Morgan fingerprint density at radius 3 is 2.47 bits per heavy atom. The molecule has 4 rings (SSSR count). The van der Waals surface area contributed by atoms with Crippen molar-refractivity contribution in [3.8, 4) is 0 Å². The molecule has 0 bridgehead atoms. The minimum Gasteiger partial charge on any atom is -0.475 e. The van der Waals surface area contributed by atoms with E-state index >= 15 is 0 Å². The highest BCUT2D eigenvalue weighted by Gasteiger charge is 2.38. The van der Waals surface area contributed by atoms with Crippen LogP contribution in [-0.4, -0.2) is 31.4 Å². The molecular formula is C23H23F3N4O4. The number of imidazole rings is 1. The normalized spacial score (nSPS) is 11.2. The first-order valence-corrected chi connectivity index (χ1v) is 10.2. The van der Waals surface area contributed by atoms with Crippen molar-refractivity contribution in [3.63, 3.8) is 0 Å². The quantitative estimate of drug-likeness (QED) is 0.447. The first kappa shape index (κ1) is 24.6. The molecule has 0 radical (unpaired) electrons. The summed E-state index contributed by atoms with van der Waals surface area (Å²) in [5, 5.41) is 10.5. The zero-order chi connectivity index (χ0) is 25.0. The lowest BCUT2D eigenvalue weighted by molar-refractivity contribution is -0.192. The third-order valence-electron chi connectivity index (χ3n) is 5.12.